The smallest absolute Gasteiger partial charge is 0.113 e. The van der Waals surface area contributed by atoms with Crippen molar-refractivity contribution in [1.29, 1.82) is 0 Å². The summed E-state index contributed by atoms with van der Waals surface area (Å²) < 4.78 is 1.79. The van der Waals surface area contributed by atoms with E-state index < -0.39 is 0 Å². The number of nitrogens with zero attached hydrogens (tertiary/aromatic N) is 3. The summed E-state index contributed by atoms with van der Waals surface area (Å²) in [6, 6.07) is 4.18. The van der Waals surface area contributed by atoms with Gasteiger partial charge in [-0.1, -0.05) is 11.3 Å². The second-order valence-corrected chi connectivity index (χ2v) is 3.44. The van der Waals surface area contributed by atoms with E-state index in [-0.39, 0.29) is 0 Å². The zero-order valence-corrected chi connectivity index (χ0v) is 8.65. The molecule has 0 bridgehead atoms. The average molecular weight is 187 g/mol. The summed E-state index contributed by atoms with van der Waals surface area (Å²) in [6.07, 6.45) is 3.85. The van der Waals surface area contributed by atoms with Gasteiger partial charge in [0.1, 0.15) is 5.52 Å². The van der Waals surface area contributed by atoms with E-state index in [2.05, 4.69) is 36.3 Å². The zero-order valence-electron chi connectivity index (χ0n) is 8.65. The highest BCUT2D eigenvalue weighted by atomic mass is 15.4. The zero-order chi connectivity index (χ0) is 10.1. The molecule has 14 heavy (non-hydrogen) atoms. The lowest BCUT2D eigenvalue weighted by atomic mass is 10.1. The van der Waals surface area contributed by atoms with Crippen LogP contribution in [0.2, 0.25) is 0 Å². The van der Waals surface area contributed by atoms with Gasteiger partial charge in [0.15, 0.2) is 0 Å². The minimum absolute atomic E-state index is 0.950. The number of rotatable bonds is 1. The van der Waals surface area contributed by atoms with E-state index in [4.69, 9.17) is 0 Å². The van der Waals surface area contributed by atoms with Gasteiger partial charge in [-0.2, -0.15) is 0 Å². The highest BCUT2D eigenvalue weighted by Gasteiger charge is 2.03. The van der Waals surface area contributed by atoms with Crippen molar-refractivity contribution in [3.63, 3.8) is 0 Å². The molecule has 72 valence electrons. The molecule has 0 unspecified atom stereocenters. The molecule has 1 heterocycles. The van der Waals surface area contributed by atoms with Crippen LogP contribution in [0.5, 0.6) is 0 Å². The molecule has 0 fully saturated rings. The second-order valence-electron chi connectivity index (χ2n) is 3.44. The van der Waals surface area contributed by atoms with Crippen molar-refractivity contribution >= 4 is 17.2 Å². The molecular weight excluding hydrogens is 174 g/mol. The van der Waals surface area contributed by atoms with E-state index in [0.29, 0.717) is 0 Å². The van der Waals surface area contributed by atoms with Crippen LogP contribution in [-0.2, 0) is 0 Å². The SMILES string of the molecule is C/C=C/n1nnc2cc(C)c(C)cc21. The predicted octanol–water partition coefficient (Wildman–Crippen LogP) is 2.54. The molecule has 0 atom stereocenters. The number of allylic oxidation sites excluding steroid dienone is 1. The topological polar surface area (TPSA) is 30.7 Å². The van der Waals surface area contributed by atoms with Crippen LogP contribution in [-0.4, -0.2) is 15.0 Å². The molecule has 0 spiro atoms. The Balaban J connectivity index is 2.73. The normalized spacial score (nSPS) is 11.6. The Morgan fingerprint density at radius 3 is 2.64 bits per heavy atom. The molecule has 2 aromatic rings. The van der Waals surface area contributed by atoms with Crippen molar-refractivity contribution in [3.05, 3.63) is 29.3 Å². The number of fused-ring (bicyclic) bond motifs is 1. The fraction of sp³-hybridized carbons (Fsp3) is 0.273. The van der Waals surface area contributed by atoms with Crippen LogP contribution >= 0.6 is 0 Å². The van der Waals surface area contributed by atoms with Crippen LogP contribution in [0.15, 0.2) is 18.2 Å². The third-order valence-corrected chi connectivity index (χ3v) is 2.38. The summed E-state index contributed by atoms with van der Waals surface area (Å²) in [5, 5.41) is 8.15. The average Bonchev–Trinajstić information content (AvgIpc) is 2.51. The maximum atomic E-state index is 4.10. The van der Waals surface area contributed by atoms with Gasteiger partial charge in [0.25, 0.3) is 0 Å². The van der Waals surface area contributed by atoms with Gasteiger partial charge < -0.3 is 0 Å². The lowest BCUT2D eigenvalue weighted by Gasteiger charge is -1.99. The third-order valence-electron chi connectivity index (χ3n) is 2.38. The molecule has 0 aliphatic carbocycles. The van der Waals surface area contributed by atoms with E-state index in [0.717, 1.165) is 11.0 Å². The Bertz CT molecular complexity index is 494. The third kappa shape index (κ3) is 1.31. The molecule has 0 aliphatic heterocycles. The minimum atomic E-state index is 0.950. The molecular formula is C11H13N3. The quantitative estimate of drug-likeness (QED) is 0.686. The first-order chi connectivity index (χ1) is 6.72. The van der Waals surface area contributed by atoms with Crippen molar-refractivity contribution in [2.24, 2.45) is 0 Å². The fourth-order valence-electron chi connectivity index (χ4n) is 1.45. The van der Waals surface area contributed by atoms with Crippen LogP contribution < -0.4 is 0 Å². The lowest BCUT2D eigenvalue weighted by Crippen LogP contribution is -1.89. The monoisotopic (exact) mass is 187 g/mol. The Kier molecular flexibility index (Phi) is 2.08. The van der Waals surface area contributed by atoms with E-state index in [9.17, 15) is 0 Å². The van der Waals surface area contributed by atoms with Crippen LogP contribution in [0, 0.1) is 13.8 Å². The second kappa shape index (κ2) is 3.25. The maximum absolute atomic E-state index is 4.10. The largest absolute Gasteiger partial charge is 0.220 e. The van der Waals surface area contributed by atoms with Crippen molar-refractivity contribution in [2.45, 2.75) is 20.8 Å². The Labute approximate surface area is 83.0 Å². The lowest BCUT2D eigenvalue weighted by molar-refractivity contribution is 0.860. The van der Waals surface area contributed by atoms with Gasteiger partial charge in [-0.3, -0.25) is 0 Å². The van der Waals surface area contributed by atoms with Crippen molar-refractivity contribution in [3.8, 4) is 0 Å². The van der Waals surface area contributed by atoms with Gasteiger partial charge in [0, 0.05) is 6.20 Å². The van der Waals surface area contributed by atoms with E-state index in [1.165, 1.54) is 11.1 Å². The van der Waals surface area contributed by atoms with Crippen LogP contribution in [0.4, 0.5) is 0 Å². The van der Waals surface area contributed by atoms with Crippen LogP contribution in [0.3, 0.4) is 0 Å². The first kappa shape index (κ1) is 8.94. The first-order valence-corrected chi connectivity index (χ1v) is 4.67. The van der Waals surface area contributed by atoms with E-state index in [1.54, 1.807) is 4.68 Å². The summed E-state index contributed by atoms with van der Waals surface area (Å²) in [4.78, 5) is 0. The Morgan fingerprint density at radius 2 is 1.93 bits per heavy atom. The molecule has 0 saturated carbocycles. The highest BCUT2D eigenvalue weighted by Crippen LogP contribution is 2.16. The molecule has 3 heteroatoms. The van der Waals surface area contributed by atoms with Gasteiger partial charge in [-0.15, -0.1) is 5.10 Å². The fourth-order valence-corrected chi connectivity index (χ4v) is 1.45. The molecule has 0 saturated heterocycles. The van der Waals surface area contributed by atoms with E-state index >= 15 is 0 Å². The van der Waals surface area contributed by atoms with Crippen molar-refractivity contribution in [2.75, 3.05) is 0 Å². The maximum Gasteiger partial charge on any atom is 0.113 e. The van der Waals surface area contributed by atoms with Crippen LogP contribution in [0.25, 0.3) is 17.2 Å². The van der Waals surface area contributed by atoms with E-state index in [1.807, 2.05) is 19.2 Å². The molecule has 0 radical (unpaired) electrons. The summed E-state index contributed by atoms with van der Waals surface area (Å²) in [5.74, 6) is 0. The molecule has 1 aromatic carbocycles. The Hall–Kier alpha value is -1.64. The van der Waals surface area contributed by atoms with Gasteiger partial charge in [0.05, 0.1) is 5.52 Å². The first-order valence-electron chi connectivity index (χ1n) is 4.67. The number of hydrogen-bond acceptors (Lipinski definition) is 2. The molecule has 2 rings (SSSR count). The van der Waals surface area contributed by atoms with Crippen molar-refractivity contribution in [1.82, 2.24) is 15.0 Å². The number of benzene rings is 1. The molecule has 0 amide bonds. The summed E-state index contributed by atoms with van der Waals surface area (Å²) in [7, 11) is 0. The standard InChI is InChI=1S/C11H13N3/c1-4-5-14-11-7-9(3)8(2)6-10(11)12-13-14/h4-7H,1-3H3/b5-4+. The van der Waals surface area contributed by atoms with Crippen molar-refractivity contribution < 1.29 is 0 Å². The van der Waals surface area contributed by atoms with Crippen LogP contribution in [0.1, 0.15) is 18.1 Å². The summed E-state index contributed by atoms with van der Waals surface area (Å²) in [6.45, 7) is 6.15. The minimum Gasteiger partial charge on any atom is -0.220 e. The number of aryl methyl sites for hydroxylation is 2. The highest BCUT2D eigenvalue weighted by molar-refractivity contribution is 5.78. The molecule has 0 N–H and O–H groups in total. The summed E-state index contributed by atoms with van der Waals surface area (Å²) >= 11 is 0. The Morgan fingerprint density at radius 1 is 1.21 bits per heavy atom. The van der Waals surface area contributed by atoms with Gasteiger partial charge in [-0.25, -0.2) is 4.68 Å². The molecule has 1 aromatic heterocycles. The number of hydrogen-bond donors (Lipinski definition) is 0. The van der Waals surface area contributed by atoms with Gasteiger partial charge in [0.2, 0.25) is 0 Å². The number of aromatic nitrogens is 3. The summed E-state index contributed by atoms with van der Waals surface area (Å²) in [5.41, 5.74) is 4.54. The predicted molar refractivity (Wildman–Crippen MR) is 58.0 cm³/mol. The molecule has 3 nitrogen and oxygen atoms in total. The molecule has 0 aliphatic rings. The van der Waals surface area contributed by atoms with Gasteiger partial charge >= 0.3 is 0 Å². The van der Waals surface area contributed by atoms with Gasteiger partial charge in [-0.05, 0) is 44.0 Å².